The number of fused-ring (bicyclic) bond motifs is 1. The van der Waals surface area contributed by atoms with Gasteiger partial charge in [-0.1, -0.05) is 32.9 Å². The first-order valence-corrected chi connectivity index (χ1v) is 12.7. The summed E-state index contributed by atoms with van der Waals surface area (Å²) in [5, 5.41) is 9.78. The lowest BCUT2D eigenvalue weighted by Gasteiger charge is -2.34. The van der Waals surface area contributed by atoms with Gasteiger partial charge < -0.3 is 25.8 Å². The Hall–Kier alpha value is -3.40. The number of hydrogen-bond acceptors (Lipinski definition) is 7. The normalized spacial score (nSPS) is 14.8. The zero-order valence-corrected chi connectivity index (χ0v) is 22.5. The molecule has 4 N–H and O–H groups in total. The topological polar surface area (TPSA) is 123 Å². The molecule has 0 radical (unpaired) electrons. The number of allylic oxidation sites excluding steroid dienone is 3. The average molecular weight is 499 g/mol. The minimum Gasteiger partial charge on any atom is -0.383 e. The standard InChI is InChI=1S/C14H20N6O2.C12H22N2/c1-4-20(7-8(2)3)14(22)13(21)18-10-6-16-12(15)9-5-17-19-11(9)10;1-4-6-12(7-5-2)14-10-8-13(3)9-11-14/h5-6,8H,4,7H2,1-3H3,(H2,15,16)(H,17,19)(H,18,21);4,6-7H,5,8-11H2,1-3H3/b;6-4-,12-7+. The molecule has 1 fully saturated rings. The first kappa shape index (κ1) is 28.8. The van der Waals surface area contributed by atoms with Crippen molar-refractivity contribution in [3.63, 3.8) is 0 Å². The summed E-state index contributed by atoms with van der Waals surface area (Å²) in [6.45, 7) is 15.8. The van der Waals surface area contributed by atoms with Crippen LogP contribution in [0, 0.1) is 5.92 Å². The van der Waals surface area contributed by atoms with Crippen molar-refractivity contribution in [2.24, 2.45) is 5.92 Å². The Labute approximate surface area is 214 Å². The van der Waals surface area contributed by atoms with Crippen molar-refractivity contribution in [2.75, 3.05) is 57.4 Å². The molecule has 2 amide bonds. The molecular formula is C26H42N8O2. The van der Waals surface area contributed by atoms with Gasteiger partial charge in [0.05, 0.1) is 29.0 Å². The number of nitrogens with one attached hydrogen (secondary N) is 2. The van der Waals surface area contributed by atoms with Gasteiger partial charge in [-0.05, 0) is 39.3 Å². The van der Waals surface area contributed by atoms with Crippen LogP contribution in [-0.2, 0) is 9.59 Å². The molecule has 0 atom stereocenters. The molecule has 36 heavy (non-hydrogen) atoms. The highest BCUT2D eigenvalue weighted by Crippen LogP contribution is 2.23. The first-order chi connectivity index (χ1) is 17.2. The van der Waals surface area contributed by atoms with E-state index in [2.05, 4.69) is 69.4 Å². The van der Waals surface area contributed by atoms with Gasteiger partial charge in [0.2, 0.25) is 0 Å². The number of piperazine rings is 1. The maximum absolute atomic E-state index is 12.2. The van der Waals surface area contributed by atoms with E-state index in [0.29, 0.717) is 35.5 Å². The number of nitrogen functional groups attached to an aromatic ring is 1. The SMILES string of the molecule is C/C=C\C(=C/CC)N1CCN(C)CC1.CCN(CC(C)C)C(=O)C(=O)Nc1cnc(N)c2cn[nH]c12. The number of rotatable bonds is 7. The van der Waals surface area contributed by atoms with Crippen LogP contribution in [0.5, 0.6) is 0 Å². The molecule has 1 aliphatic heterocycles. The molecule has 3 heterocycles. The predicted molar refractivity (Wildman–Crippen MR) is 146 cm³/mol. The Kier molecular flexibility index (Phi) is 11.4. The van der Waals surface area contributed by atoms with Crippen molar-refractivity contribution >= 4 is 34.2 Å². The second-order valence-corrected chi connectivity index (χ2v) is 9.24. The largest absolute Gasteiger partial charge is 0.383 e. The fourth-order valence-corrected chi connectivity index (χ4v) is 3.91. The fraction of sp³-hybridized carbons (Fsp3) is 0.538. The average Bonchev–Trinajstić information content (AvgIpc) is 3.36. The summed E-state index contributed by atoms with van der Waals surface area (Å²) in [6, 6.07) is 0. The smallest absolute Gasteiger partial charge is 0.314 e. The van der Waals surface area contributed by atoms with Crippen LogP contribution in [0.25, 0.3) is 10.9 Å². The van der Waals surface area contributed by atoms with Crippen molar-refractivity contribution in [3.8, 4) is 0 Å². The molecule has 10 nitrogen and oxygen atoms in total. The van der Waals surface area contributed by atoms with E-state index in [1.54, 1.807) is 0 Å². The molecule has 0 aromatic carbocycles. The maximum atomic E-state index is 12.2. The molecule has 10 heteroatoms. The molecule has 198 valence electrons. The Morgan fingerprint density at radius 1 is 1.22 bits per heavy atom. The molecule has 0 bridgehead atoms. The van der Waals surface area contributed by atoms with E-state index in [1.807, 2.05) is 20.8 Å². The third kappa shape index (κ3) is 8.08. The number of nitrogens with zero attached hydrogens (tertiary/aromatic N) is 5. The number of carbonyl (C=O) groups is 2. The van der Waals surface area contributed by atoms with E-state index in [-0.39, 0.29) is 5.92 Å². The third-order valence-corrected chi connectivity index (χ3v) is 5.83. The van der Waals surface area contributed by atoms with E-state index >= 15 is 0 Å². The van der Waals surface area contributed by atoms with Gasteiger partial charge in [0, 0.05) is 45.0 Å². The second-order valence-electron chi connectivity index (χ2n) is 9.24. The van der Waals surface area contributed by atoms with Gasteiger partial charge in [0.25, 0.3) is 0 Å². The molecule has 2 aromatic rings. The minimum atomic E-state index is -0.704. The zero-order chi connectivity index (χ0) is 26.7. The summed E-state index contributed by atoms with van der Waals surface area (Å²) in [6.07, 6.45) is 10.7. The molecule has 0 unspecified atom stereocenters. The van der Waals surface area contributed by atoms with Crippen LogP contribution in [0.1, 0.15) is 41.0 Å². The van der Waals surface area contributed by atoms with Gasteiger partial charge in [0.15, 0.2) is 0 Å². The summed E-state index contributed by atoms with van der Waals surface area (Å²) in [5.74, 6) is -0.678. The van der Waals surface area contributed by atoms with E-state index in [9.17, 15) is 9.59 Å². The minimum absolute atomic E-state index is 0.286. The number of aromatic amines is 1. The number of carbonyl (C=O) groups excluding carboxylic acids is 2. The molecular weight excluding hydrogens is 456 g/mol. The molecule has 1 saturated heterocycles. The van der Waals surface area contributed by atoms with Gasteiger partial charge >= 0.3 is 11.8 Å². The van der Waals surface area contributed by atoms with Crippen LogP contribution in [0.2, 0.25) is 0 Å². The van der Waals surface area contributed by atoms with Crippen molar-refractivity contribution in [1.82, 2.24) is 29.9 Å². The summed E-state index contributed by atoms with van der Waals surface area (Å²) >= 11 is 0. The Bertz CT molecular complexity index is 1050. The van der Waals surface area contributed by atoms with Gasteiger partial charge in [-0.15, -0.1) is 0 Å². The fourth-order valence-electron chi connectivity index (χ4n) is 3.91. The molecule has 1 aliphatic rings. The van der Waals surface area contributed by atoms with Gasteiger partial charge in [-0.25, -0.2) is 4.98 Å². The summed E-state index contributed by atoms with van der Waals surface area (Å²) in [7, 11) is 2.19. The molecule has 0 saturated carbocycles. The van der Waals surface area contributed by atoms with Crippen molar-refractivity contribution < 1.29 is 9.59 Å². The van der Waals surface area contributed by atoms with Crippen LogP contribution >= 0.6 is 0 Å². The quantitative estimate of drug-likeness (QED) is 0.396. The summed E-state index contributed by atoms with van der Waals surface area (Å²) < 4.78 is 0. The number of aromatic nitrogens is 3. The highest BCUT2D eigenvalue weighted by atomic mass is 16.2. The molecule has 2 aromatic heterocycles. The Morgan fingerprint density at radius 3 is 2.50 bits per heavy atom. The monoisotopic (exact) mass is 498 g/mol. The lowest BCUT2D eigenvalue weighted by Crippen LogP contribution is -2.43. The Morgan fingerprint density at radius 2 is 1.92 bits per heavy atom. The van der Waals surface area contributed by atoms with Gasteiger partial charge in [0.1, 0.15) is 5.82 Å². The van der Waals surface area contributed by atoms with E-state index in [4.69, 9.17) is 5.73 Å². The predicted octanol–water partition coefficient (Wildman–Crippen LogP) is 3.09. The van der Waals surface area contributed by atoms with Crippen molar-refractivity contribution in [3.05, 3.63) is 36.3 Å². The summed E-state index contributed by atoms with van der Waals surface area (Å²) in [4.78, 5) is 34.7. The number of pyridine rings is 1. The van der Waals surface area contributed by atoms with Crippen LogP contribution in [0.15, 0.2) is 36.3 Å². The lowest BCUT2D eigenvalue weighted by atomic mass is 10.2. The second kappa shape index (κ2) is 14.2. The zero-order valence-electron chi connectivity index (χ0n) is 22.5. The molecule has 0 spiro atoms. The van der Waals surface area contributed by atoms with Crippen molar-refractivity contribution in [2.45, 2.75) is 41.0 Å². The number of likely N-dealkylation sites (N-methyl/N-ethyl adjacent to an activating group) is 2. The highest BCUT2D eigenvalue weighted by molar-refractivity contribution is 6.40. The number of nitrogens with two attached hydrogens (primary N) is 1. The number of hydrogen-bond donors (Lipinski definition) is 3. The molecule has 3 rings (SSSR count). The highest BCUT2D eigenvalue weighted by Gasteiger charge is 2.22. The van der Waals surface area contributed by atoms with Crippen LogP contribution in [0.3, 0.4) is 0 Å². The van der Waals surface area contributed by atoms with Crippen LogP contribution in [0.4, 0.5) is 11.5 Å². The van der Waals surface area contributed by atoms with Crippen LogP contribution in [-0.4, -0.2) is 88.0 Å². The number of anilines is 2. The van der Waals surface area contributed by atoms with E-state index in [0.717, 1.165) is 19.5 Å². The summed E-state index contributed by atoms with van der Waals surface area (Å²) in [5.41, 5.74) is 8.04. The first-order valence-electron chi connectivity index (χ1n) is 12.7. The third-order valence-electron chi connectivity index (χ3n) is 5.83. The Balaban J connectivity index is 0.000000281. The number of amides is 2. The van der Waals surface area contributed by atoms with Crippen molar-refractivity contribution in [1.29, 1.82) is 0 Å². The van der Waals surface area contributed by atoms with Gasteiger partial charge in [-0.2, -0.15) is 5.10 Å². The van der Waals surface area contributed by atoms with E-state index in [1.165, 1.54) is 36.1 Å². The maximum Gasteiger partial charge on any atom is 0.314 e. The van der Waals surface area contributed by atoms with Crippen LogP contribution < -0.4 is 11.1 Å². The molecule has 0 aliphatic carbocycles. The number of H-pyrrole nitrogens is 1. The van der Waals surface area contributed by atoms with E-state index < -0.39 is 11.8 Å². The van der Waals surface area contributed by atoms with Gasteiger partial charge in [-0.3, -0.25) is 14.7 Å². The lowest BCUT2D eigenvalue weighted by molar-refractivity contribution is -0.143.